The summed E-state index contributed by atoms with van der Waals surface area (Å²) >= 11 is 0. The van der Waals surface area contributed by atoms with E-state index in [1.165, 1.54) is 6.07 Å². The van der Waals surface area contributed by atoms with Gasteiger partial charge in [0, 0.05) is 44.0 Å². The fraction of sp³-hybridized carbons (Fsp3) is 0.524. The zero-order chi connectivity index (χ0) is 21.8. The van der Waals surface area contributed by atoms with Gasteiger partial charge in [0.2, 0.25) is 11.9 Å². The number of aryl methyl sites for hydroxylation is 2. The number of aromatic nitrogens is 5. The molecule has 11 heteroatoms. The summed E-state index contributed by atoms with van der Waals surface area (Å²) in [4.78, 5) is 13.2. The number of halogens is 2. The van der Waals surface area contributed by atoms with Crippen molar-refractivity contribution in [3.8, 4) is 0 Å². The molecule has 2 aromatic heterocycles. The highest BCUT2D eigenvalue weighted by Gasteiger charge is 2.44. The van der Waals surface area contributed by atoms with E-state index in [0.717, 1.165) is 45.0 Å². The van der Waals surface area contributed by atoms with E-state index in [-0.39, 0.29) is 6.04 Å². The molecule has 0 radical (unpaired) electrons. The average molecular weight is 442 g/mol. The largest absolute Gasteiger partial charge is 0.349 e. The molecule has 3 aliphatic rings. The van der Waals surface area contributed by atoms with Crippen molar-refractivity contribution in [2.75, 3.05) is 34.8 Å². The van der Waals surface area contributed by atoms with Crippen LogP contribution in [0.5, 0.6) is 0 Å². The van der Waals surface area contributed by atoms with Gasteiger partial charge in [-0.25, -0.2) is 13.5 Å². The lowest BCUT2D eigenvalue weighted by Gasteiger charge is -2.37. The molecule has 1 saturated carbocycles. The van der Waals surface area contributed by atoms with Crippen LogP contribution < -0.4 is 15.1 Å². The predicted octanol–water partition coefficient (Wildman–Crippen LogP) is 3.12. The Morgan fingerprint density at radius 2 is 1.88 bits per heavy atom. The van der Waals surface area contributed by atoms with Gasteiger partial charge in [0.1, 0.15) is 0 Å². The van der Waals surface area contributed by atoms with Gasteiger partial charge >= 0.3 is 6.01 Å². The predicted molar refractivity (Wildman–Crippen MR) is 113 cm³/mol. The number of nitrogens with zero attached hydrogens (tertiary/aromatic N) is 7. The maximum atomic E-state index is 13.8. The summed E-state index contributed by atoms with van der Waals surface area (Å²) in [5.74, 6) is 1.03. The summed E-state index contributed by atoms with van der Waals surface area (Å²) in [5.41, 5.74) is 0.576. The van der Waals surface area contributed by atoms with Crippen molar-refractivity contribution >= 4 is 23.6 Å². The summed E-state index contributed by atoms with van der Waals surface area (Å²) in [5, 5.41) is 12.2. The summed E-state index contributed by atoms with van der Waals surface area (Å²) in [6.07, 6.45) is 3.10. The minimum Gasteiger partial charge on any atom is -0.349 e. The van der Waals surface area contributed by atoms with Crippen LogP contribution in [0.4, 0.5) is 32.4 Å². The molecule has 3 atom stereocenters. The first-order chi connectivity index (χ1) is 15.5. The van der Waals surface area contributed by atoms with E-state index in [9.17, 15) is 8.78 Å². The summed E-state index contributed by atoms with van der Waals surface area (Å²) in [6, 6.07) is 4.80. The highest BCUT2D eigenvalue weighted by atomic mass is 19.2. The van der Waals surface area contributed by atoms with Crippen molar-refractivity contribution in [1.82, 2.24) is 24.9 Å². The molecule has 32 heavy (non-hydrogen) atoms. The van der Waals surface area contributed by atoms with E-state index >= 15 is 0 Å². The molecule has 1 saturated heterocycles. The lowest BCUT2D eigenvalue weighted by atomic mass is 9.92. The normalized spacial score (nSPS) is 24.7. The number of hydrogen-bond donors (Lipinski definition) is 1. The van der Waals surface area contributed by atoms with Crippen LogP contribution in [-0.4, -0.2) is 50.6 Å². The molecule has 2 unspecified atom stereocenters. The van der Waals surface area contributed by atoms with Crippen LogP contribution in [0.25, 0.3) is 0 Å². The molecule has 1 aliphatic carbocycles. The Balaban J connectivity index is 1.21. The third kappa shape index (κ3) is 3.26. The van der Waals surface area contributed by atoms with Gasteiger partial charge in [0.15, 0.2) is 17.5 Å². The molecule has 2 aliphatic heterocycles. The Kier molecular flexibility index (Phi) is 4.51. The van der Waals surface area contributed by atoms with Gasteiger partial charge in [-0.1, -0.05) is 5.16 Å². The second kappa shape index (κ2) is 7.42. The van der Waals surface area contributed by atoms with Crippen molar-refractivity contribution in [1.29, 1.82) is 0 Å². The molecule has 0 spiro atoms. The van der Waals surface area contributed by atoms with Gasteiger partial charge in [0.05, 0.1) is 0 Å². The van der Waals surface area contributed by atoms with Crippen molar-refractivity contribution in [2.24, 2.45) is 11.8 Å². The van der Waals surface area contributed by atoms with Crippen LogP contribution in [0, 0.1) is 30.4 Å². The van der Waals surface area contributed by atoms with Crippen LogP contribution in [0.3, 0.4) is 0 Å². The number of benzene rings is 1. The quantitative estimate of drug-likeness (QED) is 0.660. The Bertz CT molecular complexity index is 1130. The molecular formula is C21H24F2N8O. The van der Waals surface area contributed by atoms with Crippen molar-refractivity contribution in [2.45, 2.75) is 38.8 Å². The topological polar surface area (TPSA) is 88.1 Å². The highest BCUT2D eigenvalue weighted by molar-refractivity contribution is 5.59. The standard InChI is InChI=1S/C21H24F2N8O/c1-12-24-21(32-28-12)29-10-13-3-4-14(11-29)18(13)25-19-26-20-30(7-2-8-31(20)27-19)15-5-6-16(22)17(23)9-15/h5-6,9,13-14,18H,2-4,7-8,10-11H2,1H3,(H,25,27)/t13-,14?,18?/m0/s1. The molecule has 168 valence electrons. The summed E-state index contributed by atoms with van der Waals surface area (Å²) in [6.45, 7) is 4.95. The molecule has 2 fully saturated rings. The minimum absolute atomic E-state index is 0.274. The molecule has 3 aromatic rings. The van der Waals surface area contributed by atoms with Crippen LogP contribution in [0.15, 0.2) is 22.7 Å². The molecule has 1 aromatic carbocycles. The van der Waals surface area contributed by atoms with Crippen LogP contribution in [0.2, 0.25) is 0 Å². The van der Waals surface area contributed by atoms with E-state index in [1.807, 2.05) is 16.5 Å². The summed E-state index contributed by atoms with van der Waals surface area (Å²) in [7, 11) is 0. The number of rotatable bonds is 4. The second-order valence-electron chi connectivity index (χ2n) is 8.86. The molecule has 0 amide bonds. The maximum absolute atomic E-state index is 13.8. The van der Waals surface area contributed by atoms with Gasteiger partial charge in [-0.05, 0) is 50.2 Å². The second-order valence-corrected chi connectivity index (χ2v) is 8.86. The lowest BCUT2D eigenvalue weighted by molar-refractivity contribution is 0.340. The molecular weight excluding hydrogens is 418 g/mol. The first kappa shape index (κ1) is 19.4. The SMILES string of the molecule is Cc1noc(N2CC3CC[C@@H](C2)C3Nc2nc3n(n2)CCCN3c2ccc(F)c(F)c2)n1. The van der Waals surface area contributed by atoms with E-state index in [1.54, 1.807) is 6.07 Å². The van der Waals surface area contributed by atoms with Crippen molar-refractivity contribution < 1.29 is 13.3 Å². The summed E-state index contributed by atoms with van der Waals surface area (Å²) < 4.78 is 34.4. The lowest BCUT2D eigenvalue weighted by Crippen LogP contribution is -2.48. The zero-order valence-corrected chi connectivity index (χ0v) is 17.7. The minimum atomic E-state index is -0.864. The first-order valence-electron chi connectivity index (χ1n) is 11.0. The third-order valence-corrected chi connectivity index (χ3v) is 6.78. The highest BCUT2D eigenvalue weighted by Crippen LogP contribution is 2.40. The Hall–Kier alpha value is -3.24. The number of piperidine rings is 1. The monoisotopic (exact) mass is 442 g/mol. The molecule has 1 N–H and O–H groups in total. The van der Waals surface area contributed by atoms with E-state index in [4.69, 9.17) is 9.51 Å². The Morgan fingerprint density at radius 3 is 2.59 bits per heavy atom. The molecule has 4 heterocycles. The van der Waals surface area contributed by atoms with Crippen molar-refractivity contribution in [3.63, 3.8) is 0 Å². The smallest absolute Gasteiger partial charge is 0.324 e. The molecule has 9 nitrogen and oxygen atoms in total. The Morgan fingerprint density at radius 1 is 1.06 bits per heavy atom. The van der Waals surface area contributed by atoms with Crippen LogP contribution >= 0.6 is 0 Å². The van der Waals surface area contributed by atoms with Gasteiger partial charge in [-0.2, -0.15) is 9.97 Å². The first-order valence-corrected chi connectivity index (χ1v) is 11.0. The van der Waals surface area contributed by atoms with Gasteiger partial charge in [0.25, 0.3) is 0 Å². The van der Waals surface area contributed by atoms with Gasteiger partial charge in [-0.15, -0.1) is 5.10 Å². The zero-order valence-electron chi connectivity index (χ0n) is 17.7. The van der Waals surface area contributed by atoms with Gasteiger partial charge in [-0.3, -0.25) is 0 Å². The third-order valence-electron chi connectivity index (χ3n) is 6.78. The molecule has 6 rings (SSSR count). The van der Waals surface area contributed by atoms with E-state index in [0.29, 0.717) is 47.8 Å². The van der Waals surface area contributed by atoms with Gasteiger partial charge < -0.3 is 19.6 Å². The van der Waals surface area contributed by atoms with E-state index in [2.05, 4.69) is 25.5 Å². The fourth-order valence-corrected chi connectivity index (χ4v) is 5.30. The number of hydrogen-bond acceptors (Lipinski definition) is 8. The maximum Gasteiger partial charge on any atom is 0.324 e. The van der Waals surface area contributed by atoms with Crippen LogP contribution in [0.1, 0.15) is 25.1 Å². The number of anilines is 4. The van der Waals surface area contributed by atoms with Crippen molar-refractivity contribution in [3.05, 3.63) is 35.7 Å². The Labute approximate surface area is 183 Å². The number of fused-ring (bicyclic) bond motifs is 3. The van der Waals surface area contributed by atoms with E-state index < -0.39 is 11.6 Å². The molecule has 2 bridgehead atoms. The average Bonchev–Trinajstić information content (AvgIpc) is 3.45. The fourth-order valence-electron chi connectivity index (χ4n) is 5.30. The number of nitrogens with one attached hydrogen (secondary N) is 1. The van der Waals surface area contributed by atoms with Crippen LogP contribution in [-0.2, 0) is 6.54 Å².